The third-order valence-corrected chi connectivity index (χ3v) is 24.2. The molecule has 0 aliphatic heterocycles. The van der Waals surface area contributed by atoms with Gasteiger partial charge in [0, 0.05) is 90.8 Å². The standard InChI is InChI=1S/C52H32N2O.C52H32N2S/c1-2-11-33(12-3-1)34-21-25-38(26-22-34)53-46-18-8-6-16-40(46)43-31-36(23-28-47(43)53)37-24-29-48-44(32-37)41-27-30-50-51(42-17-7-9-20-49(42)55-50)52(41)54(48)45-19-10-14-35-13-4-5-15-39(35)45;1-2-11-33(12-3-1)34-21-25-38(26-22-34)53-47-18-8-6-16-40(47)42-29-36(23-27-48(42)53)37-24-28-49-43(30-37)44-31-45-41-17-7-9-20-51(41)55-52(45)32-50(44)54(49)46-19-10-14-35-13-4-5-15-39(35)46/h2*1-32H. The number of para-hydroxylation sites is 3. The first-order valence-electron chi connectivity index (χ1n) is 37.7. The van der Waals surface area contributed by atoms with Gasteiger partial charge in [-0.1, -0.05) is 255 Å². The van der Waals surface area contributed by atoms with Gasteiger partial charge in [0.1, 0.15) is 11.2 Å². The Morgan fingerprint density at radius 3 is 1.14 bits per heavy atom. The van der Waals surface area contributed by atoms with Gasteiger partial charge in [-0.05, 0) is 189 Å². The Bertz CT molecular complexity index is 7660. The molecule has 6 heterocycles. The van der Waals surface area contributed by atoms with Crippen LogP contribution in [-0.2, 0) is 0 Å². The molecule has 0 bridgehead atoms. The van der Waals surface area contributed by atoms with Crippen molar-refractivity contribution in [3.63, 3.8) is 0 Å². The van der Waals surface area contributed by atoms with Crippen molar-refractivity contribution in [1.29, 1.82) is 0 Å². The molecule has 0 saturated heterocycles. The second kappa shape index (κ2) is 24.6. The van der Waals surface area contributed by atoms with E-state index >= 15 is 0 Å². The molecule has 512 valence electrons. The Labute approximate surface area is 636 Å². The fourth-order valence-corrected chi connectivity index (χ4v) is 19.1. The maximum Gasteiger partial charge on any atom is 0.137 e. The van der Waals surface area contributed by atoms with Crippen LogP contribution in [0.5, 0.6) is 0 Å². The number of thiophene rings is 1. The molecule has 18 aromatic carbocycles. The molecule has 0 N–H and O–H groups in total. The van der Waals surface area contributed by atoms with Crippen molar-refractivity contribution in [3.05, 3.63) is 388 Å². The molecule has 24 rings (SSSR count). The van der Waals surface area contributed by atoms with Crippen molar-refractivity contribution in [2.24, 2.45) is 0 Å². The number of hydrogen-bond acceptors (Lipinski definition) is 2. The molecular formula is C104H64N4OS. The Morgan fingerprint density at radius 2 is 0.582 bits per heavy atom. The van der Waals surface area contributed by atoms with Crippen LogP contribution in [0.3, 0.4) is 0 Å². The zero-order valence-electron chi connectivity index (χ0n) is 59.6. The van der Waals surface area contributed by atoms with Gasteiger partial charge in [-0.25, -0.2) is 0 Å². The number of nitrogens with zero attached hydrogens (tertiary/aromatic N) is 4. The molecular weight excluding hydrogens is 1350 g/mol. The summed E-state index contributed by atoms with van der Waals surface area (Å²) in [6.45, 7) is 0. The Morgan fingerprint density at radius 1 is 0.191 bits per heavy atom. The number of rotatable bonds is 8. The molecule has 0 aliphatic carbocycles. The van der Waals surface area contributed by atoms with E-state index in [1.165, 1.54) is 179 Å². The van der Waals surface area contributed by atoms with E-state index in [2.05, 4.69) is 400 Å². The predicted octanol–water partition coefficient (Wildman–Crippen LogP) is 29.0. The smallest absolute Gasteiger partial charge is 0.137 e. The van der Waals surface area contributed by atoms with E-state index in [1.807, 2.05) is 17.4 Å². The fourth-order valence-electron chi connectivity index (χ4n) is 18.0. The molecule has 0 unspecified atom stereocenters. The average molecular weight is 1420 g/mol. The van der Waals surface area contributed by atoms with Crippen LogP contribution in [0.4, 0.5) is 0 Å². The minimum atomic E-state index is 0.898. The van der Waals surface area contributed by atoms with Gasteiger partial charge < -0.3 is 22.7 Å². The van der Waals surface area contributed by atoms with Crippen molar-refractivity contribution in [1.82, 2.24) is 18.3 Å². The van der Waals surface area contributed by atoms with Crippen molar-refractivity contribution in [2.45, 2.75) is 0 Å². The topological polar surface area (TPSA) is 32.9 Å². The third kappa shape index (κ3) is 9.66. The molecule has 6 aromatic heterocycles. The summed E-state index contributed by atoms with van der Waals surface area (Å²) < 4.78 is 18.8. The molecule has 0 saturated carbocycles. The van der Waals surface area contributed by atoms with E-state index in [0.717, 1.165) is 39.0 Å². The average Bonchev–Trinajstić information content (AvgIpc) is 1.56. The summed E-state index contributed by atoms with van der Waals surface area (Å²) in [4.78, 5) is 0. The summed E-state index contributed by atoms with van der Waals surface area (Å²) in [5.74, 6) is 0. The van der Waals surface area contributed by atoms with Crippen molar-refractivity contribution in [3.8, 4) is 67.3 Å². The lowest BCUT2D eigenvalue weighted by atomic mass is 10.00. The first-order chi connectivity index (χ1) is 54.5. The van der Waals surface area contributed by atoms with E-state index in [0.29, 0.717) is 0 Å². The molecule has 24 aromatic rings. The van der Waals surface area contributed by atoms with E-state index < -0.39 is 0 Å². The van der Waals surface area contributed by atoms with Gasteiger partial charge in [-0.3, -0.25) is 0 Å². The Kier molecular flexibility index (Phi) is 13.9. The zero-order valence-corrected chi connectivity index (χ0v) is 60.4. The van der Waals surface area contributed by atoms with E-state index in [9.17, 15) is 0 Å². The molecule has 5 nitrogen and oxygen atoms in total. The van der Waals surface area contributed by atoms with Gasteiger partial charge in [0.05, 0.1) is 60.9 Å². The number of aromatic nitrogens is 4. The van der Waals surface area contributed by atoms with Gasteiger partial charge in [0.2, 0.25) is 0 Å². The highest BCUT2D eigenvalue weighted by molar-refractivity contribution is 7.25. The number of furan rings is 1. The fraction of sp³-hybridized carbons (Fsp3) is 0. The molecule has 0 spiro atoms. The summed E-state index contributed by atoms with van der Waals surface area (Å²) in [5.41, 5.74) is 25.8. The molecule has 0 fully saturated rings. The van der Waals surface area contributed by atoms with Crippen LogP contribution in [-0.4, -0.2) is 18.3 Å². The molecule has 0 radical (unpaired) electrons. The maximum atomic E-state index is 6.45. The lowest BCUT2D eigenvalue weighted by Gasteiger charge is -2.12. The first-order valence-corrected chi connectivity index (χ1v) is 38.5. The van der Waals surface area contributed by atoms with Crippen LogP contribution >= 0.6 is 11.3 Å². The highest BCUT2D eigenvalue weighted by atomic mass is 32.1. The quantitative estimate of drug-likeness (QED) is 0.149. The minimum absolute atomic E-state index is 0.898. The van der Waals surface area contributed by atoms with Gasteiger partial charge in [0.25, 0.3) is 0 Å². The van der Waals surface area contributed by atoms with Gasteiger partial charge in [0.15, 0.2) is 0 Å². The van der Waals surface area contributed by atoms with Crippen LogP contribution in [0.2, 0.25) is 0 Å². The second-order valence-electron chi connectivity index (χ2n) is 29.0. The van der Waals surface area contributed by atoms with Crippen LogP contribution in [0.25, 0.3) is 218 Å². The highest BCUT2D eigenvalue weighted by Gasteiger charge is 2.24. The molecule has 0 atom stereocenters. The summed E-state index contributed by atoms with van der Waals surface area (Å²) in [5, 5.41) is 19.8. The van der Waals surface area contributed by atoms with E-state index in [-0.39, 0.29) is 0 Å². The van der Waals surface area contributed by atoms with Crippen molar-refractivity contribution < 1.29 is 4.42 Å². The van der Waals surface area contributed by atoms with E-state index in [1.54, 1.807) is 0 Å². The number of benzene rings is 18. The van der Waals surface area contributed by atoms with Crippen molar-refractivity contribution in [2.75, 3.05) is 0 Å². The SMILES string of the molecule is c1ccc(-c2ccc(-n3c4ccccc4c4cc(-c5ccc6c(c5)c5cc7c(cc5n6-c5cccc6ccccc56)sc5ccccc57)ccc43)cc2)cc1.c1ccc(-c2ccc(-n3c4ccccc4c4cc(-c5ccc6c(c5)c5ccc7oc8ccccc8c7c5n6-c5cccc6ccccc56)ccc43)cc2)cc1. The van der Waals surface area contributed by atoms with E-state index in [4.69, 9.17) is 4.42 Å². The maximum absolute atomic E-state index is 6.45. The molecule has 0 amide bonds. The van der Waals surface area contributed by atoms with Gasteiger partial charge in [-0.15, -0.1) is 11.3 Å². The lowest BCUT2D eigenvalue weighted by molar-refractivity contribution is 0.669. The second-order valence-corrected chi connectivity index (χ2v) is 30.1. The van der Waals surface area contributed by atoms with Gasteiger partial charge in [-0.2, -0.15) is 0 Å². The Balaban J connectivity index is 0.000000132. The Hall–Kier alpha value is -14.3. The molecule has 110 heavy (non-hydrogen) atoms. The largest absolute Gasteiger partial charge is 0.456 e. The van der Waals surface area contributed by atoms with Crippen LogP contribution < -0.4 is 0 Å². The summed E-state index contributed by atoms with van der Waals surface area (Å²) in [7, 11) is 0. The molecule has 6 heteroatoms. The zero-order chi connectivity index (χ0) is 72.1. The normalized spacial score (nSPS) is 12.0. The van der Waals surface area contributed by atoms with Crippen LogP contribution in [0.1, 0.15) is 0 Å². The monoisotopic (exact) mass is 1420 g/mol. The first kappa shape index (κ1) is 62.0. The molecule has 0 aliphatic rings. The third-order valence-electron chi connectivity index (χ3n) is 23.0. The summed E-state index contributed by atoms with van der Waals surface area (Å²) in [6, 6.07) is 142. The van der Waals surface area contributed by atoms with Crippen LogP contribution in [0.15, 0.2) is 393 Å². The summed E-state index contributed by atoms with van der Waals surface area (Å²) in [6.07, 6.45) is 0. The number of hydrogen-bond donors (Lipinski definition) is 0. The minimum Gasteiger partial charge on any atom is -0.456 e. The predicted molar refractivity (Wildman–Crippen MR) is 467 cm³/mol. The van der Waals surface area contributed by atoms with Gasteiger partial charge >= 0.3 is 0 Å². The van der Waals surface area contributed by atoms with Crippen molar-refractivity contribution >= 4 is 162 Å². The number of fused-ring (bicyclic) bond motifs is 21. The lowest BCUT2D eigenvalue weighted by Crippen LogP contribution is -1.95. The van der Waals surface area contributed by atoms with Crippen LogP contribution in [0, 0.1) is 0 Å². The highest BCUT2D eigenvalue weighted by Crippen LogP contribution is 2.47. The summed E-state index contributed by atoms with van der Waals surface area (Å²) >= 11 is 1.88.